The molecule has 6 heteroatoms. The molecule has 1 saturated heterocycles. The molecule has 102 valence electrons. The summed E-state index contributed by atoms with van der Waals surface area (Å²) in [7, 11) is 0. The molecule has 1 fully saturated rings. The van der Waals surface area contributed by atoms with Crippen molar-refractivity contribution in [2.24, 2.45) is 0 Å². The van der Waals surface area contributed by atoms with Gasteiger partial charge in [0.25, 0.3) is 0 Å². The van der Waals surface area contributed by atoms with Crippen molar-refractivity contribution in [1.82, 2.24) is 10.2 Å². The molecule has 18 heavy (non-hydrogen) atoms. The fourth-order valence-electron chi connectivity index (χ4n) is 2.14. The highest BCUT2D eigenvalue weighted by Gasteiger charge is 2.24. The minimum absolute atomic E-state index is 0. The molecule has 0 bridgehead atoms. The minimum atomic E-state index is -0.562. The number of halogens is 4. The van der Waals surface area contributed by atoms with Crippen LogP contribution in [0.5, 0.6) is 0 Å². The first-order valence-corrected chi connectivity index (χ1v) is 6.47. The Balaban J connectivity index is 0.00000162. The van der Waals surface area contributed by atoms with E-state index in [2.05, 4.69) is 21.2 Å². The second-order valence-corrected chi connectivity index (χ2v) is 5.04. The first-order valence-electron chi connectivity index (χ1n) is 5.68. The monoisotopic (exact) mass is 340 g/mol. The van der Waals surface area contributed by atoms with E-state index in [0.29, 0.717) is 5.56 Å². The van der Waals surface area contributed by atoms with Gasteiger partial charge in [0.2, 0.25) is 0 Å². The van der Waals surface area contributed by atoms with Crippen molar-refractivity contribution in [3.8, 4) is 0 Å². The van der Waals surface area contributed by atoms with Crippen molar-refractivity contribution in [2.75, 3.05) is 32.9 Å². The van der Waals surface area contributed by atoms with Gasteiger partial charge in [-0.3, -0.25) is 4.90 Å². The van der Waals surface area contributed by atoms with Crippen molar-refractivity contribution in [3.05, 3.63) is 34.1 Å². The third-order valence-corrected chi connectivity index (χ3v) is 3.55. The molecule has 2 rings (SSSR count). The summed E-state index contributed by atoms with van der Waals surface area (Å²) in [6, 6.07) is 4.20. The van der Waals surface area contributed by atoms with Gasteiger partial charge < -0.3 is 5.32 Å². The van der Waals surface area contributed by atoms with Gasteiger partial charge in [-0.2, -0.15) is 0 Å². The van der Waals surface area contributed by atoms with Crippen LogP contribution in [0.4, 0.5) is 8.78 Å². The lowest BCUT2D eigenvalue weighted by atomic mass is 10.1. The maximum Gasteiger partial charge on any atom is 0.128 e. The standard InChI is InChI=1S/C12H15BrF2N2.ClH/c13-9-1-2-11(15)10(7-9)12(8-14)17-5-3-16-4-6-17;/h1-2,7,12,16H,3-6,8H2;1H/t12-;/m0./s1. The van der Waals surface area contributed by atoms with E-state index in [1.54, 1.807) is 12.1 Å². The van der Waals surface area contributed by atoms with Gasteiger partial charge in [0.1, 0.15) is 12.5 Å². The smallest absolute Gasteiger partial charge is 0.128 e. The van der Waals surface area contributed by atoms with E-state index in [1.807, 2.05) is 4.90 Å². The minimum Gasteiger partial charge on any atom is -0.314 e. The maximum atomic E-state index is 13.7. The van der Waals surface area contributed by atoms with Crippen LogP contribution < -0.4 is 5.32 Å². The van der Waals surface area contributed by atoms with Crippen LogP contribution >= 0.6 is 28.3 Å². The zero-order chi connectivity index (χ0) is 12.3. The Kier molecular flexibility index (Phi) is 6.49. The van der Waals surface area contributed by atoms with E-state index in [1.165, 1.54) is 6.07 Å². The van der Waals surface area contributed by atoms with Gasteiger partial charge in [0.05, 0.1) is 6.04 Å². The van der Waals surface area contributed by atoms with Gasteiger partial charge in [0, 0.05) is 36.2 Å². The van der Waals surface area contributed by atoms with Crippen LogP contribution in [0.25, 0.3) is 0 Å². The summed E-state index contributed by atoms with van der Waals surface area (Å²) < 4.78 is 27.7. The second-order valence-electron chi connectivity index (χ2n) is 4.12. The number of hydrogen-bond acceptors (Lipinski definition) is 2. The van der Waals surface area contributed by atoms with E-state index in [-0.39, 0.29) is 18.2 Å². The molecule has 1 aromatic rings. The predicted octanol–water partition coefficient (Wildman–Crippen LogP) is 2.93. The molecule has 1 atom stereocenters. The zero-order valence-electron chi connectivity index (χ0n) is 9.83. The van der Waals surface area contributed by atoms with E-state index < -0.39 is 12.7 Å². The summed E-state index contributed by atoms with van der Waals surface area (Å²) in [5, 5.41) is 3.20. The summed E-state index contributed by atoms with van der Waals surface area (Å²) in [4.78, 5) is 1.99. The van der Waals surface area contributed by atoms with Crippen LogP contribution in [0.3, 0.4) is 0 Å². The molecule has 0 unspecified atom stereocenters. The average Bonchev–Trinajstić information content (AvgIpc) is 2.36. The Morgan fingerprint density at radius 1 is 1.33 bits per heavy atom. The summed E-state index contributed by atoms with van der Waals surface area (Å²) in [5.74, 6) is -0.339. The van der Waals surface area contributed by atoms with Crippen molar-refractivity contribution in [2.45, 2.75) is 6.04 Å². The molecule has 2 nitrogen and oxygen atoms in total. The molecule has 1 aliphatic rings. The number of rotatable bonds is 3. The van der Waals surface area contributed by atoms with Gasteiger partial charge in [0.15, 0.2) is 0 Å². The topological polar surface area (TPSA) is 15.3 Å². The Bertz CT molecular complexity index is 386. The number of piperazine rings is 1. The van der Waals surface area contributed by atoms with E-state index >= 15 is 0 Å². The number of hydrogen-bond donors (Lipinski definition) is 1. The highest BCUT2D eigenvalue weighted by Crippen LogP contribution is 2.27. The Labute approximate surface area is 120 Å². The van der Waals surface area contributed by atoms with Crippen molar-refractivity contribution >= 4 is 28.3 Å². The molecule has 1 heterocycles. The highest BCUT2D eigenvalue weighted by atomic mass is 79.9. The largest absolute Gasteiger partial charge is 0.314 e. The molecule has 0 aromatic heterocycles. The van der Waals surface area contributed by atoms with Gasteiger partial charge in [-0.15, -0.1) is 12.4 Å². The van der Waals surface area contributed by atoms with Crippen LogP contribution in [-0.2, 0) is 0 Å². The highest BCUT2D eigenvalue weighted by molar-refractivity contribution is 9.10. The Morgan fingerprint density at radius 2 is 2.00 bits per heavy atom. The molecule has 1 aliphatic heterocycles. The van der Waals surface area contributed by atoms with Crippen LogP contribution in [-0.4, -0.2) is 37.8 Å². The van der Waals surface area contributed by atoms with Gasteiger partial charge in [-0.05, 0) is 18.2 Å². The fraction of sp³-hybridized carbons (Fsp3) is 0.500. The lowest BCUT2D eigenvalue weighted by molar-refractivity contribution is 0.144. The van der Waals surface area contributed by atoms with Crippen LogP contribution in [0, 0.1) is 5.82 Å². The molecule has 1 aromatic carbocycles. The first-order chi connectivity index (χ1) is 8.22. The summed E-state index contributed by atoms with van der Waals surface area (Å²) >= 11 is 3.30. The summed E-state index contributed by atoms with van der Waals surface area (Å²) in [6.07, 6.45) is 0. The Morgan fingerprint density at radius 3 is 2.61 bits per heavy atom. The van der Waals surface area contributed by atoms with Gasteiger partial charge in [-0.25, -0.2) is 8.78 Å². The fourth-order valence-corrected chi connectivity index (χ4v) is 2.52. The number of nitrogens with zero attached hydrogens (tertiary/aromatic N) is 1. The van der Waals surface area contributed by atoms with Crippen molar-refractivity contribution in [1.29, 1.82) is 0 Å². The molecular weight excluding hydrogens is 325 g/mol. The first kappa shape index (κ1) is 15.8. The van der Waals surface area contributed by atoms with Crippen molar-refractivity contribution in [3.63, 3.8) is 0 Å². The van der Waals surface area contributed by atoms with E-state index in [9.17, 15) is 8.78 Å². The SMILES string of the molecule is Cl.FC[C@@H](c1cc(Br)ccc1F)N1CCNCC1. The normalized spacial score (nSPS) is 18.2. The lowest BCUT2D eigenvalue weighted by Crippen LogP contribution is -2.45. The second kappa shape index (κ2) is 7.38. The molecule has 0 amide bonds. The van der Waals surface area contributed by atoms with Crippen molar-refractivity contribution < 1.29 is 8.78 Å². The number of benzene rings is 1. The Hall–Kier alpha value is -0.230. The van der Waals surface area contributed by atoms with Crippen LogP contribution in [0.15, 0.2) is 22.7 Å². The molecular formula is C12H16BrClF2N2. The average molecular weight is 342 g/mol. The lowest BCUT2D eigenvalue weighted by Gasteiger charge is -2.33. The maximum absolute atomic E-state index is 13.7. The molecule has 0 aliphatic carbocycles. The van der Waals surface area contributed by atoms with Gasteiger partial charge >= 0.3 is 0 Å². The molecule has 0 radical (unpaired) electrons. The predicted molar refractivity (Wildman–Crippen MR) is 74.5 cm³/mol. The van der Waals surface area contributed by atoms with E-state index in [0.717, 1.165) is 30.7 Å². The third-order valence-electron chi connectivity index (χ3n) is 3.06. The summed E-state index contributed by atoms with van der Waals surface area (Å²) in [6.45, 7) is 2.59. The van der Waals surface area contributed by atoms with Gasteiger partial charge in [-0.1, -0.05) is 15.9 Å². The third kappa shape index (κ3) is 3.63. The number of alkyl halides is 1. The zero-order valence-corrected chi connectivity index (χ0v) is 12.2. The molecule has 0 spiro atoms. The van der Waals surface area contributed by atoms with E-state index in [4.69, 9.17) is 0 Å². The quantitative estimate of drug-likeness (QED) is 0.909. The molecule has 0 saturated carbocycles. The number of nitrogens with one attached hydrogen (secondary N) is 1. The summed E-state index contributed by atoms with van der Waals surface area (Å²) in [5.41, 5.74) is 0.434. The molecule has 1 N–H and O–H groups in total. The van der Waals surface area contributed by atoms with Crippen LogP contribution in [0.2, 0.25) is 0 Å². The van der Waals surface area contributed by atoms with Crippen LogP contribution in [0.1, 0.15) is 11.6 Å².